The molecular formula is C26H38O4. The van der Waals surface area contributed by atoms with Gasteiger partial charge in [-0.25, -0.2) is 0 Å². The first-order valence-electron chi connectivity index (χ1n) is 11.7. The predicted molar refractivity (Wildman–Crippen MR) is 122 cm³/mol. The molecule has 0 unspecified atom stereocenters. The van der Waals surface area contributed by atoms with E-state index in [0.29, 0.717) is 54.4 Å². The van der Waals surface area contributed by atoms with Crippen LogP contribution in [-0.4, -0.2) is 23.1 Å². The molecular weight excluding hydrogens is 376 g/mol. The number of carbonyl (C=O) groups excluding carboxylic acids is 4. The largest absolute Gasteiger partial charge is 0.294 e. The van der Waals surface area contributed by atoms with Gasteiger partial charge >= 0.3 is 0 Å². The highest BCUT2D eigenvalue weighted by atomic mass is 16.1. The van der Waals surface area contributed by atoms with Gasteiger partial charge in [0, 0.05) is 47.9 Å². The van der Waals surface area contributed by atoms with Gasteiger partial charge in [-0.2, -0.15) is 0 Å². The minimum absolute atomic E-state index is 0.110. The lowest BCUT2D eigenvalue weighted by molar-refractivity contribution is 0.0936. The minimum atomic E-state index is -0.132. The average molecular weight is 415 g/mol. The Morgan fingerprint density at radius 2 is 0.800 bits per heavy atom. The van der Waals surface area contributed by atoms with Gasteiger partial charge in [-0.1, -0.05) is 53.4 Å². The first-order chi connectivity index (χ1) is 14.4. The van der Waals surface area contributed by atoms with Crippen LogP contribution in [-0.2, 0) is 0 Å². The summed E-state index contributed by atoms with van der Waals surface area (Å²) in [7, 11) is 0. The van der Waals surface area contributed by atoms with Crippen LogP contribution in [0.4, 0.5) is 0 Å². The van der Waals surface area contributed by atoms with Gasteiger partial charge in [0.15, 0.2) is 23.1 Å². The van der Waals surface area contributed by atoms with Gasteiger partial charge in [0.25, 0.3) is 0 Å². The fourth-order valence-electron chi connectivity index (χ4n) is 3.50. The Balaban J connectivity index is 3.52. The highest BCUT2D eigenvalue weighted by molar-refractivity contribution is 6.15. The number of carbonyl (C=O) groups is 4. The van der Waals surface area contributed by atoms with Crippen LogP contribution in [0.5, 0.6) is 0 Å². The van der Waals surface area contributed by atoms with E-state index in [1.807, 2.05) is 20.8 Å². The summed E-state index contributed by atoms with van der Waals surface area (Å²) in [4.78, 5) is 51.5. The summed E-state index contributed by atoms with van der Waals surface area (Å²) < 4.78 is 0. The van der Waals surface area contributed by atoms with Crippen LogP contribution < -0.4 is 0 Å². The molecule has 0 N–H and O–H groups in total. The maximum Gasteiger partial charge on any atom is 0.163 e. The molecule has 0 heterocycles. The molecule has 0 saturated carbocycles. The minimum Gasteiger partial charge on any atom is -0.294 e. The summed E-state index contributed by atoms with van der Waals surface area (Å²) >= 11 is 0. The molecule has 0 saturated heterocycles. The van der Waals surface area contributed by atoms with Crippen molar-refractivity contribution in [1.29, 1.82) is 0 Å². The molecule has 0 spiro atoms. The van der Waals surface area contributed by atoms with E-state index in [4.69, 9.17) is 0 Å². The second-order valence-electron chi connectivity index (χ2n) is 8.05. The number of ketones is 4. The lowest BCUT2D eigenvalue weighted by atomic mass is 9.86. The van der Waals surface area contributed by atoms with Crippen molar-refractivity contribution in [3.8, 4) is 0 Å². The van der Waals surface area contributed by atoms with Crippen LogP contribution >= 0.6 is 0 Å². The second-order valence-corrected chi connectivity index (χ2v) is 8.05. The third kappa shape index (κ3) is 7.62. The van der Waals surface area contributed by atoms with E-state index in [1.165, 1.54) is 0 Å². The zero-order valence-corrected chi connectivity index (χ0v) is 19.3. The number of hydrogen-bond donors (Lipinski definition) is 0. The van der Waals surface area contributed by atoms with E-state index in [0.717, 1.165) is 44.9 Å². The van der Waals surface area contributed by atoms with Gasteiger partial charge in [0.05, 0.1) is 0 Å². The number of unbranched alkanes of at least 4 members (excludes halogenated alkanes) is 4. The third-order valence-corrected chi connectivity index (χ3v) is 5.36. The Bertz CT molecular complexity index is 746. The summed E-state index contributed by atoms with van der Waals surface area (Å²) in [6.07, 6.45) is 7.95. The van der Waals surface area contributed by atoms with Crippen molar-refractivity contribution >= 4 is 23.1 Å². The van der Waals surface area contributed by atoms with Crippen molar-refractivity contribution in [3.63, 3.8) is 0 Å². The molecule has 0 aromatic heterocycles. The summed E-state index contributed by atoms with van der Waals surface area (Å²) in [5, 5.41) is 0. The highest BCUT2D eigenvalue weighted by Gasteiger charge is 2.24. The Morgan fingerprint density at radius 1 is 0.467 bits per heavy atom. The average Bonchev–Trinajstić information content (AvgIpc) is 2.75. The van der Waals surface area contributed by atoms with E-state index >= 15 is 0 Å². The second kappa shape index (κ2) is 14.0. The van der Waals surface area contributed by atoms with Crippen LogP contribution in [0.1, 0.15) is 146 Å². The Labute approximate surface area is 181 Å². The Morgan fingerprint density at radius 3 is 1.13 bits per heavy atom. The quantitative estimate of drug-likeness (QED) is 0.212. The van der Waals surface area contributed by atoms with E-state index < -0.39 is 0 Å². The fourth-order valence-corrected chi connectivity index (χ4v) is 3.50. The molecule has 0 atom stereocenters. The van der Waals surface area contributed by atoms with Gasteiger partial charge in [0.2, 0.25) is 0 Å². The Hall–Kier alpha value is -2.10. The number of benzene rings is 1. The lowest BCUT2D eigenvalue weighted by Crippen LogP contribution is -2.16. The molecule has 0 aliphatic heterocycles. The van der Waals surface area contributed by atoms with Crippen LogP contribution in [0.3, 0.4) is 0 Å². The van der Waals surface area contributed by atoms with Crippen molar-refractivity contribution in [1.82, 2.24) is 0 Å². The van der Waals surface area contributed by atoms with Crippen LogP contribution in [0.15, 0.2) is 12.1 Å². The molecule has 166 valence electrons. The third-order valence-electron chi connectivity index (χ3n) is 5.36. The molecule has 0 amide bonds. The number of rotatable bonds is 16. The van der Waals surface area contributed by atoms with Gasteiger partial charge in [0.1, 0.15) is 0 Å². The van der Waals surface area contributed by atoms with E-state index in [9.17, 15) is 19.2 Å². The Kier molecular flexibility index (Phi) is 12.1. The summed E-state index contributed by atoms with van der Waals surface area (Å²) in [5.41, 5.74) is 1.26. The van der Waals surface area contributed by atoms with Crippen LogP contribution in [0.25, 0.3) is 0 Å². The van der Waals surface area contributed by atoms with Gasteiger partial charge in [-0.15, -0.1) is 0 Å². The summed E-state index contributed by atoms with van der Waals surface area (Å²) in [6, 6.07) is 3.09. The topological polar surface area (TPSA) is 68.3 Å². The molecule has 1 rings (SSSR count). The normalized spacial score (nSPS) is 10.8. The molecule has 0 aliphatic carbocycles. The molecule has 1 aromatic carbocycles. The first-order valence-corrected chi connectivity index (χ1v) is 11.7. The molecule has 0 bridgehead atoms. The maximum atomic E-state index is 13.0. The van der Waals surface area contributed by atoms with Gasteiger partial charge in [-0.05, 0) is 37.8 Å². The first kappa shape index (κ1) is 25.9. The van der Waals surface area contributed by atoms with E-state index in [1.54, 1.807) is 12.1 Å². The molecule has 0 radical (unpaired) electrons. The SMILES string of the molecule is CCCCCC(=O)c1cc(C(=O)CCC)c(C(=O)CCCC)cc1C(=O)CCCC. The van der Waals surface area contributed by atoms with Gasteiger partial charge in [-0.3, -0.25) is 19.2 Å². The van der Waals surface area contributed by atoms with Crippen LogP contribution in [0, 0.1) is 0 Å². The monoisotopic (exact) mass is 414 g/mol. The van der Waals surface area contributed by atoms with E-state index in [2.05, 4.69) is 6.92 Å². The van der Waals surface area contributed by atoms with Crippen LogP contribution in [0.2, 0.25) is 0 Å². The zero-order valence-electron chi connectivity index (χ0n) is 19.3. The maximum absolute atomic E-state index is 13.0. The molecule has 0 aliphatic rings. The standard InChI is InChI=1S/C26H38O4/c1-5-9-12-16-26(30)22-17-19(23(27)13-8-4)20(24(28)14-10-6-2)18-21(22)25(29)15-11-7-3/h17-18H,5-16H2,1-4H3. The summed E-state index contributed by atoms with van der Waals surface area (Å²) in [6.45, 7) is 8.00. The number of Topliss-reactive ketones (excluding diaryl/α,β-unsaturated/α-hetero) is 4. The molecule has 30 heavy (non-hydrogen) atoms. The fraction of sp³-hybridized carbons (Fsp3) is 0.615. The van der Waals surface area contributed by atoms with Crippen molar-refractivity contribution in [2.24, 2.45) is 0 Å². The van der Waals surface area contributed by atoms with Crippen molar-refractivity contribution in [2.45, 2.75) is 105 Å². The predicted octanol–water partition coefficient (Wildman–Crippen LogP) is 7.18. The van der Waals surface area contributed by atoms with Crippen molar-refractivity contribution < 1.29 is 19.2 Å². The molecule has 0 fully saturated rings. The smallest absolute Gasteiger partial charge is 0.163 e. The summed E-state index contributed by atoms with van der Waals surface area (Å²) in [5.74, 6) is -0.477. The van der Waals surface area contributed by atoms with E-state index in [-0.39, 0.29) is 23.1 Å². The molecule has 4 nitrogen and oxygen atoms in total. The highest BCUT2D eigenvalue weighted by Crippen LogP contribution is 2.25. The lowest BCUT2D eigenvalue weighted by Gasteiger charge is -2.15. The number of hydrogen-bond acceptors (Lipinski definition) is 4. The van der Waals surface area contributed by atoms with Crippen molar-refractivity contribution in [3.05, 3.63) is 34.4 Å². The molecule has 4 heteroatoms. The molecule has 1 aromatic rings. The van der Waals surface area contributed by atoms with Crippen molar-refractivity contribution in [2.75, 3.05) is 0 Å². The zero-order chi connectivity index (χ0) is 22.5. The van der Waals surface area contributed by atoms with Gasteiger partial charge < -0.3 is 0 Å².